The Balaban J connectivity index is 2.67. The van der Waals surface area contributed by atoms with Crippen LogP contribution in [-0.4, -0.2) is 35.8 Å². The molecule has 1 unspecified atom stereocenters. The summed E-state index contributed by atoms with van der Waals surface area (Å²) in [5.74, 6) is -0.125. The van der Waals surface area contributed by atoms with Gasteiger partial charge in [-0.3, -0.25) is 9.59 Å². The molecular formula is C10H16N2O2. The van der Waals surface area contributed by atoms with E-state index in [0.29, 0.717) is 6.54 Å². The van der Waals surface area contributed by atoms with Crippen LogP contribution >= 0.6 is 0 Å². The molecule has 0 aromatic rings. The van der Waals surface area contributed by atoms with E-state index < -0.39 is 0 Å². The summed E-state index contributed by atoms with van der Waals surface area (Å²) in [7, 11) is 0. The van der Waals surface area contributed by atoms with Gasteiger partial charge in [0.25, 0.3) is 0 Å². The molecule has 0 aromatic carbocycles. The quantitative estimate of drug-likeness (QED) is 0.660. The van der Waals surface area contributed by atoms with Crippen LogP contribution in [0.25, 0.3) is 0 Å². The Morgan fingerprint density at radius 1 is 1.64 bits per heavy atom. The van der Waals surface area contributed by atoms with Gasteiger partial charge in [0.2, 0.25) is 11.8 Å². The Bertz CT molecular complexity index is 273. The van der Waals surface area contributed by atoms with E-state index in [4.69, 9.17) is 0 Å². The largest absolute Gasteiger partial charge is 0.345 e. The Labute approximate surface area is 84.0 Å². The van der Waals surface area contributed by atoms with Crippen LogP contribution in [0.5, 0.6) is 0 Å². The average molecular weight is 196 g/mol. The third kappa shape index (κ3) is 2.13. The summed E-state index contributed by atoms with van der Waals surface area (Å²) in [4.78, 5) is 24.3. The Morgan fingerprint density at radius 2 is 2.29 bits per heavy atom. The van der Waals surface area contributed by atoms with Crippen LogP contribution in [0, 0.1) is 0 Å². The molecule has 0 aromatic heterocycles. The highest BCUT2D eigenvalue weighted by atomic mass is 16.2. The summed E-state index contributed by atoms with van der Waals surface area (Å²) in [5.41, 5.74) is 0.972. The van der Waals surface area contributed by atoms with Crippen molar-refractivity contribution < 1.29 is 9.59 Å². The van der Waals surface area contributed by atoms with Gasteiger partial charge in [0, 0.05) is 6.54 Å². The molecule has 1 rings (SSSR count). The maximum Gasteiger partial charge on any atom is 0.242 e. The standard InChI is InChI=1S/C10H16N2O2/c1-4-7(2)6-12-8(3)10(14)11-5-9(12)13/h8H,2,4-6H2,1,3H3,(H,11,14). The lowest BCUT2D eigenvalue weighted by Gasteiger charge is -2.33. The fourth-order valence-electron chi connectivity index (χ4n) is 1.35. The molecule has 2 amide bonds. The van der Waals surface area contributed by atoms with Gasteiger partial charge in [-0.15, -0.1) is 0 Å². The molecule has 0 bridgehead atoms. The van der Waals surface area contributed by atoms with E-state index in [1.807, 2.05) is 6.92 Å². The fraction of sp³-hybridized carbons (Fsp3) is 0.600. The first kappa shape index (κ1) is 10.8. The zero-order valence-electron chi connectivity index (χ0n) is 8.67. The lowest BCUT2D eigenvalue weighted by Crippen LogP contribution is -2.57. The van der Waals surface area contributed by atoms with E-state index in [2.05, 4.69) is 11.9 Å². The predicted octanol–water partition coefficient (Wildman–Crippen LogP) is 0.299. The van der Waals surface area contributed by atoms with Gasteiger partial charge in [-0.2, -0.15) is 0 Å². The van der Waals surface area contributed by atoms with Crippen LogP contribution in [0.1, 0.15) is 20.3 Å². The lowest BCUT2D eigenvalue weighted by atomic mass is 10.1. The zero-order chi connectivity index (χ0) is 10.7. The monoisotopic (exact) mass is 196 g/mol. The van der Waals surface area contributed by atoms with Crippen LogP contribution in [-0.2, 0) is 9.59 Å². The number of carbonyl (C=O) groups excluding carboxylic acids is 2. The zero-order valence-corrected chi connectivity index (χ0v) is 8.67. The van der Waals surface area contributed by atoms with Crippen molar-refractivity contribution in [2.24, 2.45) is 0 Å². The molecule has 14 heavy (non-hydrogen) atoms. The predicted molar refractivity (Wildman–Crippen MR) is 53.6 cm³/mol. The first-order valence-electron chi connectivity index (χ1n) is 4.80. The van der Waals surface area contributed by atoms with E-state index in [1.165, 1.54) is 0 Å². The molecule has 1 saturated heterocycles. The number of hydrogen-bond donors (Lipinski definition) is 1. The lowest BCUT2D eigenvalue weighted by molar-refractivity contribution is -0.144. The molecule has 1 aliphatic rings. The van der Waals surface area contributed by atoms with Gasteiger partial charge in [0.1, 0.15) is 6.04 Å². The summed E-state index contributed by atoms with van der Waals surface area (Å²) < 4.78 is 0. The highest BCUT2D eigenvalue weighted by Crippen LogP contribution is 2.09. The van der Waals surface area contributed by atoms with Gasteiger partial charge in [-0.1, -0.05) is 19.1 Å². The number of hydrogen-bond acceptors (Lipinski definition) is 2. The number of nitrogens with one attached hydrogen (secondary N) is 1. The number of carbonyl (C=O) groups is 2. The second-order valence-corrected chi connectivity index (χ2v) is 3.52. The highest BCUT2D eigenvalue weighted by molar-refractivity contribution is 5.94. The van der Waals surface area contributed by atoms with E-state index >= 15 is 0 Å². The molecular weight excluding hydrogens is 180 g/mol. The van der Waals surface area contributed by atoms with Gasteiger partial charge >= 0.3 is 0 Å². The maximum absolute atomic E-state index is 11.5. The Kier molecular flexibility index (Phi) is 3.28. The Morgan fingerprint density at radius 3 is 2.86 bits per heavy atom. The van der Waals surface area contributed by atoms with Crippen molar-refractivity contribution >= 4 is 11.8 Å². The van der Waals surface area contributed by atoms with Crippen molar-refractivity contribution in [3.63, 3.8) is 0 Å². The van der Waals surface area contributed by atoms with Gasteiger partial charge in [-0.05, 0) is 13.3 Å². The van der Waals surface area contributed by atoms with Crippen molar-refractivity contribution in [1.82, 2.24) is 10.2 Å². The van der Waals surface area contributed by atoms with Crippen molar-refractivity contribution in [1.29, 1.82) is 0 Å². The van der Waals surface area contributed by atoms with Crippen molar-refractivity contribution in [2.45, 2.75) is 26.3 Å². The summed E-state index contributed by atoms with van der Waals surface area (Å²) in [5, 5.41) is 2.54. The van der Waals surface area contributed by atoms with E-state index in [9.17, 15) is 9.59 Å². The van der Waals surface area contributed by atoms with Crippen LogP contribution in [0.4, 0.5) is 0 Å². The van der Waals surface area contributed by atoms with Crippen molar-refractivity contribution in [3.05, 3.63) is 12.2 Å². The van der Waals surface area contributed by atoms with Crippen molar-refractivity contribution in [3.8, 4) is 0 Å². The molecule has 0 aliphatic carbocycles. The molecule has 0 saturated carbocycles. The van der Waals surface area contributed by atoms with Gasteiger partial charge in [0.05, 0.1) is 6.54 Å². The molecule has 1 fully saturated rings. The third-order valence-electron chi connectivity index (χ3n) is 2.48. The van der Waals surface area contributed by atoms with Crippen molar-refractivity contribution in [2.75, 3.05) is 13.1 Å². The number of nitrogens with zero attached hydrogens (tertiary/aromatic N) is 1. The fourth-order valence-corrected chi connectivity index (χ4v) is 1.35. The molecule has 0 radical (unpaired) electrons. The van der Waals surface area contributed by atoms with Crippen LogP contribution in [0.3, 0.4) is 0 Å². The third-order valence-corrected chi connectivity index (χ3v) is 2.48. The SMILES string of the molecule is C=C(CC)CN1C(=O)CNC(=O)C1C. The minimum atomic E-state index is -0.375. The van der Waals surface area contributed by atoms with Gasteiger partial charge < -0.3 is 10.2 Å². The van der Waals surface area contributed by atoms with E-state index in [0.717, 1.165) is 12.0 Å². The second-order valence-electron chi connectivity index (χ2n) is 3.52. The molecule has 78 valence electrons. The van der Waals surface area contributed by atoms with Crippen LogP contribution < -0.4 is 5.32 Å². The summed E-state index contributed by atoms with van der Waals surface area (Å²) in [6, 6.07) is -0.375. The molecule has 4 heteroatoms. The second kappa shape index (κ2) is 4.26. The van der Waals surface area contributed by atoms with Crippen LogP contribution in [0.15, 0.2) is 12.2 Å². The molecule has 4 nitrogen and oxygen atoms in total. The number of rotatable bonds is 3. The summed E-state index contributed by atoms with van der Waals surface area (Å²) in [6.45, 7) is 8.16. The van der Waals surface area contributed by atoms with E-state index in [-0.39, 0.29) is 24.4 Å². The maximum atomic E-state index is 11.5. The molecule has 1 atom stereocenters. The van der Waals surface area contributed by atoms with Gasteiger partial charge in [0.15, 0.2) is 0 Å². The van der Waals surface area contributed by atoms with Gasteiger partial charge in [-0.25, -0.2) is 0 Å². The Hall–Kier alpha value is -1.32. The molecule has 1 aliphatic heterocycles. The minimum absolute atomic E-state index is 0.0355. The molecule has 0 spiro atoms. The highest BCUT2D eigenvalue weighted by Gasteiger charge is 2.30. The summed E-state index contributed by atoms with van der Waals surface area (Å²) in [6.07, 6.45) is 0.831. The average Bonchev–Trinajstić information content (AvgIpc) is 2.18. The normalized spacial score (nSPS) is 22.1. The number of piperazine rings is 1. The van der Waals surface area contributed by atoms with E-state index in [1.54, 1.807) is 11.8 Å². The molecule has 1 heterocycles. The topological polar surface area (TPSA) is 49.4 Å². The summed E-state index contributed by atoms with van der Waals surface area (Å²) >= 11 is 0. The smallest absolute Gasteiger partial charge is 0.242 e. The number of amides is 2. The van der Waals surface area contributed by atoms with Crippen LogP contribution in [0.2, 0.25) is 0 Å². The first-order chi connectivity index (χ1) is 6.56. The minimum Gasteiger partial charge on any atom is -0.345 e. The molecule has 1 N–H and O–H groups in total. The first-order valence-corrected chi connectivity index (χ1v) is 4.80.